The number of hydrogen-bond acceptors (Lipinski definition) is 1. The molecule has 0 unspecified atom stereocenters. The molecule has 3 nitrogen and oxygen atoms in total. The van der Waals surface area contributed by atoms with Crippen molar-refractivity contribution in [2.75, 3.05) is 5.32 Å². The zero-order chi connectivity index (χ0) is 13.0. The Labute approximate surface area is 107 Å². The van der Waals surface area contributed by atoms with E-state index in [1.165, 1.54) is 12.5 Å². The summed E-state index contributed by atoms with van der Waals surface area (Å²) < 4.78 is 2.06. The minimum atomic E-state index is -0.0458. The second-order valence-corrected chi connectivity index (χ2v) is 4.38. The lowest BCUT2D eigenvalue weighted by molar-refractivity contribution is -0.687. The molecule has 2 rings (SSSR count). The van der Waals surface area contributed by atoms with E-state index in [0.29, 0.717) is 0 Å². The number of benzene rings is 1. The van der Waals surface area contributed by atoms with Crippen LogP contribution in [0.1, 0.15) is 18.1 Å². The fourth-order valence-electron chi connectivity index (χ4n) is 1.82. The summed E-state index contributed by atoms with van der Waals surface area (Å²) in [6.45, 7) is 4.31. The van der Waals surface area contributed by atoms with Gasteiger partial charge in [-0.15, -0.1) is 0 Å². The Bertz CT molecular complexity index is 550. The molecule has 0 fully saturated rings. The van der Waals surface area contributed by atoms with E-state index in [0.717, 1.165) is 17.8 Å². The largest absolute Gasteiger partial charge is 0.321 e. The zero-order valence-corrected chi connectivity index (χ0v) is 10.7. The Balaban J connectivity index is 2.22. The third-order valence-corrected chi connectivity index (χ3v) is 2.75. The number of anilines is 1. The van der Waals surface area contributed by atoms with E-state index in [1.54, 1.807) is 0 Å². The van der Waals surface area contributed by atoms with Gasteiger partial charge in [0.1, 0.15) is 5.69 Å². The molecule has 0 aliphatic heterocycles. The van der Waals surface area contributed by atoms with Gasteiger partial charge in [-0.2, -0.15) is 4.57 Å². The zero-order valence-electron chi connectivity index (χ0n) is 10.7. The molecule has 0 saturated heterocycles. The highest BCUT2D eigenvalue weighted by atomic mass is 16.1. The number of nitrogens with zero attached hydrogens (tertiary/aromatic N) is 1. The van der Waals surface area contributed by atoms with E-state index in [2.05, 4.69) is 22.0 Å². The summed E-state index contributed by atoms with van der Waals surface area (Å²) in [6, 6.07) is 12.2. The lowest BCUT2D eigenvalue weighted by Gasteiger charge is -2.05. The summed E-state index contributed by atoms with van der Waals surface area (Å²) in [4.78, 5) is 11.1. The van der Waals surface area contributed by atoms with Gasteiger partial charge in [-0.3, -0.25) is 4.79 Å². The van der Waals surface area contributed by atoms with Crippen LogP contribution in [0.4, 0.5) is 5.69 Å². The topological polar surface area (TPSA) is 33.0 Å². The Morgan fingerprint density at radius 1 is 1.22 bits per heavy atom. The molecule has 0 radical (unpaired) electrons. The van der Waals surface area contributed by atoms with Crippen molar-refractivity contribution < 1.29 is 9.36 Å². The van der Waals surface area contributed by atoms with Crippen LogP contribution in [0.25, 0.3) is 0 Å². The second kappa shape index (κ2) is 5.45. The summed E-state index contributed by atoms with van der Waals surface area (Å²) in [5, 5.41) is 2.84. The van der Waals surface area contributed by atoms with Crippen molar-refractivity contribution in [2.45, 2.75) is 20.4 Å². The summed E-state index contributed by atoms with van der Waals surface area (Å²) in [6.07, 6.45) is 3.98. The van der Waals surface area contributed by atoms with Gasteiger partial charge < -0.3 is 5.32 Å². The maximum absolute atomic E-state index is 11.1. The SMILES string of the molecule is CC(=O)Nc1c[n+](Cc2ccccc2)ccc1C. The van der Waals surface area contributed by atoms with Gasteiger partial charge in [-0.05, 0) is 12.5 Å². The quantitative estimate of drug-likeness (QED) is 0.822. The average molecular weight is 241 g/mol. The van der Waals surface area contributed by atoms with Crippen LogP contribution in [0.2, 0.25) is 0 Å². The Morgan fingerprint density at radius 3 is 2.61 bits per heavy atom. The molecular weight excluding hydrogens is 224 g/mol. The van der Waals surface area contributed by atoms with Crippen molar-refractivity contribution in [3.05, 3.63) is 59.9 Å². The monoisotopic (exact) mass is 241 g/mol. The van der Waals surface area contributed by atoms with E-state index in [4.69, 9.17) is 0 Å². The first-order valence-electron chi connectivity index (χ1n) is 5.96. The molecule has 0 atom stereocenters. The first-order chi connectivity index (χ1) is 8.65. The summed E-state index contributed by atoms with van der Waals surface area (Å²) in [5.41, 5.74) is 3.16. The molecule has 1 amide bonds. The van der Waals surface area contributed by atoms with E-state index in [9.17, 15) is 4.79 Å². The number of rotatable bonds is 3. The normalized spacial score (nSPS) is 10.1. The summed E-state index contributed by atoms with van der Waals surface area (Å²) in [5.74, 6) is -0.0458. The maximum Gasteiger partial charge on any atom is 0.221 e. The van der Waals surface area contributed by atoms with Crippen LogP contribution in [0.15, 0.2) is 48.8 Å². The molecule has 1 heterocycles. The Morgan fingerprint density at radius 2 is 1.94 bits per heavy atom. The number of carbonyl (C=O) groups is 1. The molecule has 0 spiro atoms. The molecule has 1 aromatic carbocycles. The predicted molar refractivity (Wildman–Crippen MR) is 71.2 cm³/mol. The molecule has 3 heteroatoms. The molecule has 1 N–H and O–H groups in total. The lowest BCUT2D eigenvalue weighted by atomic mass is 10.2. The van der Waals surface area contributed by atoms with Gasteiger partial charge in [0.2, 0.25) is 5.91 Å². The van der Waals surface area contributed by atoms with Crippen molar-refractivity contribution in [2.24, 2.45) is 0 Å². The first kappa shape index (κ1) is 12.3. The highest BCUT2D eigenvalue weighted by Gasteiger charge is 2.08. The van der Waals surface area contributed by atoms with Crippen LogP contribution >= 0.6 is 0 Å². The van der Waals surface area contributed by atoms with E-state index in [-0.39, 0.29) is 5.91 Å². The lowest BCUT2D eigenvalue weighted by Crippen LogP contribution is -2.34. The van der Waals surface area contributed by atoms with E-state index in [1.807, 2.05) is 43.6 Å². The highest BCUT2D eigenvalue weighted by molar-refractivity contribution is 5.89. The first-order valence-corrected chi connectivity index (χ1v) is 5.96. The van der Waals surface area contributed by atoms with Gasteiger partial charge in [0, 0.05) is 18.6 Å². The molecule has 0 aliphatic carbocycles. The van der Waals surface area contributed by atoms with Crippen LogP contribution in [0.3, 0.4) is 0 Å². The molecule has 0 bridgehead atoms. The standard InChI is InChI=1S/C15H16N2O/c1-12-8-9-17(11-15(12)16-13(2)18)10-14-6-4-3-5-7-14/h3-9,11H,10H2,1-2H3/p+1. The Hall–Kier alpha value is -2.16. The van der Waals surface area contributed by atoms with Crippen LogP contribution in [0, 0.1) is 6.92 Å². The molecule has 1 aromatic heterocycles. The van der Waals surface area contributed by atoms with E-state index < -0.39 is 0 Å². The Kier molecular flexibility index (Phi) is 3.72. The van der Waals surface area contributed by atoms with Gasteiger partial charge in [0.15, 0.2) is 18.9 Å². The van der Waals surface area contributed by atoms with E-state index >= 15 is 0 Å². The van der Waals surface area contributed by atoms with Crippen molar-refractivity contribution in [1.29, 1.82) is 0 Å². The van der Waals surface area contributed by atoms with Crippen molar-refractivity contribution >= 4 is 11.6 Å². The van der Waals surface area contributed by atoms with Crippen LogP contribution in [0.5, 0.6) is 0 Å². The number of hydrogen-bond donors (Lipinski definition) is 1. The number of amides is 1. The number of nitrogens with one attached hydrogen (secondary N) is 1. The summed E-state index contributed by atoms with van der Waals surface area (Å²) >= 11 is 0. The molecule has 0 aliphatic rings. The highest BCUT2D eigenvalue weighted by Crippen LogP contribution is 2.10. The molecule has 0 saturated carbocycles. The third-order valence-electron chi connectivity index (χ3n) is 2.75. The smallest absolute Gasteiger partial charge is 0.221 e. The minimum Gasteiger partial charge on any atom is -0.321 e. The fraction of sp³-hybridized carbons (Fsp3) is 0.200. The van der Waals surface area contributed by atoms with Gasteiger partial charge in [-0.25, -0.2) is 0 Å². The van der Waals surface area contributed by atoms with Gasteiger partial charge in [0.25, 0.3) is 0 Å². The van der Waals surface area contributed by atoms with Gasteiger partial charge in [0.05, 0.1) is 0 Å². The molecule has 18 heavy (non-hydrogen) atoms. The van der Waals surface area contributed by atoms with Crippen LogP contribution in [-0.2, 0) is 11.3 Å². The maximum atomic E-state index is 11.1. The second-order valence-electron chi connectivity index (χ2n) is 4.38. The number of pyridine rings is 1. The average Bonchev–Trinajstić information content (AvgIpc) is 2.34. The third kappa shape index (κ3) is 3.17. The predicted octanol–water partition coefficient (Wildman–Crippen LogP) is 2.29. The number of aromatic nitrogens is 1. The van der Waals surface area contributed by atoms with Crippen molar-refractivity contribution in [3.63, 3.8) is 0 Å². The van der Waals surface area contributed by atoms with Crippen LogP contribution < -0.4 is 9.88 Å². The minimum absolute atomic E-state index is 0.0458. The van der Waals surface area contributed by atoms with Gasteiger partial charge in [-0.1, -0.05) is 30.3 Å². The summed E-state index contributed by atoms with van der Waals surface area (Å²) in [7, 11) is 0. The van der Waals surface area contributed by atoms with Crippen LogP contribution in [-0.4, -0.2) is 5.91 Å². The number of carbonyl (C=O) groups excluding carboxylic acids is 1. The molecule has 92 valence electrons. The fourth-order valence-corrected chi connectivity index (χ4v) is 1.82. The molecular formula is C15H17N2O+. The van der Waals surface area contributed by atoms with Gasteiger partial charge >= 0.3 is 0 Å². The number of aryl methyl sites for hydroxylation is 1. The van der Waals surface area contributed by atoms with Crippen molar-refractivity contribution in [1.82, 2.24) is 0 Å². The van der Waals surface area contributed by atoms with Crippen molar-refractivity contribution in [3.8, 4) is 0 Å². The molecule has 2 aromatic rings.